The van der Waals surface area contributed by atoms with E-state index in [1.807, 2.05) is 6.20 Å². The lowest BCUT2D eigenvalue weighted by atomic mass is 10.1. The van der Waals surface area contributed by atoms with Crippen LogP contribution in [0.25, 0.3) is 0 Å². The highest BCUT2D eigenvalue weighted by atomic mass is 15.2. The van der Waals surface area contributed by atoms with Crippen molar-refractivity contribution in [2.24, 2.45) is 5.73 Å². The molecule has 0 aromatic carbocycles. The van der Waals surface area contributed by atoms with E-state index in [4.69, 9.17) is 5.73 Å². The van der Waals surface area contributed by atoms with Gasteiger partial charge in [-0.25, -0.2) is 0 Å². The molecule has 0 aliphatic rings. The molecule has 0 aliphatic heterocycles. The van der Waals surface area contributed by atoms with Crippen molar-refractivity contribution in [2.45, 2.75) is 39.3 Å². The number of hydrogen-bond acceptors (Lipinski definition) is 4. The molecule has 0 aliphatic carbocycles. The van der Waals surface area contributed by atoms with Gasteiger partial charge in [-0.15, -0.1) is 0 Å². The maximum atomic E-state index is 6.00. The molecule has 19 heavy (non-hydrogen) atoms. The van der Waals surface area contributed by atoms with Gasteiger partial charge in [-0.1, -0.05) is 6.92 Å². The zero-order valence-electron chi connectivity index (χ0n) is 12.9. The second-order valence-electron chi connectivity index (χ2n) is 5.35. The SMILES string of the molecule is CC[C@@H](N)c1ccc(N(CC)C(C)CN(C)C)cn1. The molecule has 0 saturated heterocycles. The molecule has 108 valence electrons. The number of pyridine rings is 1. The van der Waals surface area contributed by atoms with E-state index in [0.717, 1.165) is 25.2 Å². The maximum Gasteiger partial charge on any atom is 0.0572 e. The molecule has 1 unspecified atom stereocenters. The Morgan fingerprint density at radius 1 is 1.26 bits per heavy atom. The molecule has 1 aromatic heterocycles. The van der Waals surface area contributed by atoms with Crippen molar-refractivity contribution >= 4 is 5.69 Å². The molecule has 4 heteroatoms. The van der Waals surface area contributed by atoms with E-state index < -0.39 is 0 Å². The maximum absolute atomic E-state index is 6.00. The van der Waals surface area contributed by atoms with Crippen molar-refractivity contribution < 1.29 is 0 Å². The monoisotopic (exact) mass is 264 g/mol. The van der Waals surface area contributed by atoms with E-state index in [1.54, 1.807) is 0 Å². The first-order chi connectivity index (χ1) is 8.99. The molecular formula is C15H28N4. The number of aromatic nitrogens is 1. The van der Waals surface area contributed by atoms with Crippen molar-refractivity contribution in [1.82, 2.24) is 9.88 Å². The van der Waals surface area contributed by atoms with Crippen LogP contribution in [0.5, 0.6) is 0 Å². The summed E-state index contributed by atoms with van der Waals surface area (Å²) in [5, 5.41) is 0. The Morgan fingerprint density at radius 2 is 1.95 bits per heavy atom. The Kier molecular flexibility index (Phi) is 6.25. The van der Waals surface area contributed by atoms with Gasteiger partial charge in [0.15, 0.2) is 0 Å². The minimum absolute atomic E-state index is 0.0447. The summed E-state index contributed by atoms with van der Waals surface area (Å²) in [5.41, 5.74) is 8.14. The molecule has 4 nitrogen and oxygen atoms in total. The lowest BCUT2D eigenvalue weighted by Gasteiger charge is -2.32. The summed E-state index contributed by atoms with van der Waals surface area (Å²) >= 11 is 0. The van der Waals surface area contributed by atoms with Crippen LogP contribution in [-0.4, -0.2) is 43.1 Å². The lowest BCUT2D eigenvalue weighted by molar-refractivity contribution is 0.373. The van der Waals surface area contributed by atoms with Crippen LogP contribution in [0.3, 0.4) is 0 Å². The minimum Gasteiger partial charge on any atom is -0.367 e. The summed E-state index contributed by atoms with van der Waals surface area (Å²) in [4.78, 5) is 9.08. The topological polar surface area (TPSA) is 45.4 Å². The molecule has 0 spiro atoms. The zero-order valence-corrected chi connectivity index (χ0v) is 12.9. The van der Waals surface area contributed by atoms with Gasteiger partial charge in [0.05, 0.1) is 17.6 Å². The summed E-state index contributed by atoms with van der Waals surface area (Å²) in [6, 6.07) is 4.69. The Morgan fingerprint density at radius 3 is 2.37 bits per heavy atom. The second kappa shape index (κ2) is 7.46. The highest BCUT2D eigenvalue weighted by Crippen LogP contribution is 2.19. The van der Waals surface area contributed by atoms with E-state index in [2.05, 4.69) is 61.8 Å². The summed E-state index contributed by atoms with van der Waals surface area (Å²) in [7, 11) is 4.21. The van der Waals surface area contributed by atoms with Crippen LogP contribution in [0.4, 0.5) is 5.69 Å². The standard InChI is InChI=1S/C15H28N4/c1-6-14(16)15-9-8-13(10-17-15)19(7-2)12(3)11-18(4)5/h8-10,12,14H,6-7,11,16H2,1-5H3/t12?,14-/m1/s1. The summed E-state index contributed by atoms with van der Waals surface area (Å²) < 4.78 is 0. The fraction of sp³-hybridized carbons (Fsp3) is 0.667. The van der Waals surface area contributed by atoms with E-state index in [1.165, 1.54) is 5.69 Å². The molecule has 0 fully saturated rings. The molecule has 1 aromatic rings. The Hall–Kier alpha value is -1.13. The molecule has 1 rings (SSSR count). The number of nitrogens with two attached hydrogens (primary N) is 1. The molecule has 0 amide bonds. The van der Waals surface area contributed by atoms with Gasteiger partial charge >= 0.3 is 0 Å². The Labute approximate surface area is 117 Å². The number of nitrogens with zero attached hydrogens (tertiary/aromatic N) is 3. The van der Waals surface area contributed by atoms with Crippen LogP contribution in [0.1, 0.15) is 38.9 Å². The fourth-order valence-electron chi connectivity index (χ4n) is 2.37. The largest absolute Gasteiger partial charge is 0.367 e. The van der Waals surface area contributed by atoms with Crippen LogP contribution < -0.4 is 10.6 Å². The molecule has 0 saturated carbocycles. The van der Waals surface area contributed by atoms with Gasteiger partial charge in [0.2, 0.25) is 0 Å². The highest BCUT2D eigenvalue weighted by molar-refractivity contribution is 5.45. The summed E-state index contributed by atoms with van der Waals surface area (Å²) in [6.07, 6.45) is 2.86. The first kappa shape index (κ1) is 15.9. The average Bonchev–Trinajstić information content (AvgIpc) is 2.38. The van der Waals surface area contributed by atoms with Crippen LogP contribution in [0, 0.1) is 0 Å². The van der Waals surface area contributed by atoms with Gasteiger partial charge in [0.1, 0.15) is 0 Å². The van der Waals surface area contributed by atoms with Crippen LogP contribution >= 0.6 is 0 Å². The third-order valence-corrected chi connectivity index (χ3v) is 3.42. The average molecular weight is 264 g/mol. The zero-order chi connectivity index (χ0) is 14.4. The van der Waals surface area contributed by atoms with Gasteiger partial charge in [0, 0.05) is 25.2 Å². The van der Waals surface area contributed by atoms with Crippen molar-refractivity contribution in [2.75, 3.05) is 32.1 Å². The Balaban J connectivity index is 2.81. The van der Waals surface area contributed by atoms with Crippen LogP contribution in [0.2, 0.25) is 0 Å². The summed E-state index contributed by atoms with van der Waals surface area (Å²) in [5.74, 6) is 0. The van der Waals surface area contributed by atoms with Crippen molar-refractivity contribution in [3.05, 3.63) is 24.0 Å². The number of rotatable bonds is 7. The van der Waals surface area contributed by atoms with E-state index in [0.29, 0.717) is 6.04 Å². The molecular weight excluding hydrogens is 236 g/mol. The van der Waals surface area contributed by atoms with Crippen LogP contribution in [-0.2, 0) is 0 Å². The number of hydrogen-bond donors (Lipinski definition) is 1. The lowest BCUT2D eigenvalue weighted by Crippen LogP contribution is -2.40. The van der Waals surface area contributed by atoms with Crippen molar-refractivity contribution in [3.8, 4) is 0 Å². The molecule has 0 radical (unpaired) electrons. The van der Waals surface area contributed by atoms with E-state index in [-0.39, 0.29) is 6.04 Å². The van der Waals surface area contributed by atoms with E-state index in [9.17, 15) is 0 Å². The van der Waals surface area contributed by atoms with Gasteiger partial charge < -0.3 is 15.5 Å². The third kappa shape index (κ3) is 4.48. The fourth-order valence-corrected chi connectivity index (χ4v) is 2.37. The first-order valence-electron chi connectivity index (χ1n) is 7.12. The van der Waals surface area contributed by atoms with Crippen LogP contribution in [0.15, 0.2) is 18.3 Å². The van der Waals surface area contributed by atoms with Crippen molar-refractivity contribution in [1.29, 1.82) is 0 Å². The molecule has 0 bridgehead atoms. The third-order valence-electron chi connectivity index (χ3n) is 3.42. The number of anilines is 1. The number of likely N-dealkylation sites (N-methyl/N-ethyl adjacent to an activating group) is 2. The smallest absolute Gasteiger partial charge is 0.0572 e. The van der Waals surface area contributed by atoms with Crippen molar-refractivity contribution in [3.63, 3.8) is 0 Å². The molecule has 2 N–H and O–H groups in total. The highest BCUT2D eigenvalue weighted by Gasteiger charge is 2.14. The Bertz CT molecular complexity index is 361. The molecule has 2 atom stereocenters. The first-order valence-corrected chi connectivity index (χ1v) is 7.12. The second-order valence-corrected chi connectivity index (χ2v) is 5.35. The molecule has 1 heterocycles. The van der Waals surface area contributed by atoms with Gasteiger partial charge in [-0.05, 0) is 46.5 Å². The predicted molar refractivity (Wildman–Crippen MR) is 82.5 cm³/mol. The quantitative estimate of drug-likeness (QED) is 0.820. The van der Waals surface area contributed by atoms with E-state index >= 15 is 0 Å². The normalized spacial score (nSPS) is 14.5. The minimum atomic E-state index is 0.0447. The van der Waals surface area contributed by atoms with Gasteiger partial charge in [-0.3, -0.25) is 4.98 Å². The van der Waals surface area contributed by atoms with Gasteiger partial charge in [-0.2, -0.15) is 0 Å². The predicted octanol–water partition coefficient (Wildman–Crippen LogP) is 2.27. The van der Waals surface area contributed by atoms with Gasteiger partial charge in [0.25, 0.3) is 0 Å². The summed E-state index contributed by atoms with van der Waals surface area (Å²) in [6.45, 7) is 8.52.